The largest absolute Gasteiger partial charge is 0.303 e. The molecular formula is C13H18ClN3S2. The first-order valence-corrected chi connectivity index (χ1v) is 8.60. The number of nitrogens with zero attached hydrogens (tertiary/aromatic N) is 3. The zero-order valence-electron chi connectivity index (χ0n) is 11.4. The lowest BCUT2D eigenvalue weighted by Crippen LogP contribution is -2.25. The number of aryl methyl sites for hydroxylation is 1. The first kappa shape index (κ1) is 15.0. The molecule has 0 saturated heterocycles. The normalized spacial score (nSPS) is 11.6. The van der Waals surface area contributed by atoms with Crippen molar-refractivity contribution in [2.24, 2.45) is 0 Å². The topological polar surface area (TPSA) is 29.0 Å². The number of thiophene rings is 1. The molecule has 2 aromatic rings. The molecule has 0 saturated carbocycles. The van der Waals surface area contributed by atoms with Crippen molar-refractivity contribution >= 4 is 44.9 Å². The molecule has 0 bridgehead atoms. The molecule has 0 N–H and O–H groups in total. The van der Waals surface area contributed by atoms with Crippen molar-refractivity contribution in [2.75, 3.05) is 25.4 Å². The zero-order valence-corrected chi connectivity index (χ0v) is 13.8. The fraction of sp³-hybridized carbons (Fsp3) is 0.538. The second kappa shape index (κ2) is 6.88. The molecule has 0 aliphatic rings. The van der Waals surface area contributed by atoms with Gasteiger partial charge in [0.05, 0.1) is 0 Å². The molecule has 6 heteroatoms. The first-order valence-electron chi connectivity index (χ1n) is 6.42. The molecule has 2 heterocycles. The molecule has 0 aliphatic carbocycles. The van der Waals surface area contributed by atoms with Gasteiger partial charge in [-0.25, -0.2) is 9.97 Å². The van der Waals surface area contributed by atoms with Gasteiger partial charge < -0.3 is 4.90 Å². The van der Waals surface area contributed by atoms with Crippen molar-refractivity contribution in [2.45, 2.75) is 25.8 Å². The summed E-state index contributed by atoms with van der Waals surface area (Å²) in [7, 11) is 0. The van der Waals surface area contributed by atoms with Gasteiger partial charge in [-0.1, -0.05) is 13.8 Å². The molecular weight excluding hydrogens is 298 g/mol. The smallest absolute Gasteiger partial charge is 0.224 e. The van der Waals surface area contributed by atoms with Crippen molar-refractivity contribution in [1.29, 1.82) is 0 Å². The summed E-state index contributed by atoms with van der Waals surface area (Å²) in [5.41, 5.74) is 0. The minimum absolute atomic E-state index is 0.347. The Morgan fingerprint density at radius 3 is 2.74 bits per heavy atom. The Bertz CT molecular complexity index is 552. The maximum atomic E-state index is 5.99. The summed E-state index contributed by atoms with van der Waals surface area (Å²) < 4.78 is 0. The monoisotopic (exact) mass is 315 g/mol. The third-order valence-electron chi connectivity index (χ3n) is 2.99. The Morgan fingerprint density at radius 2 is 2.05 bits per heavy atom. The van der Waals surface area contributed by atoms with Gasteiger partial charge in [-0.2, -0.15) is 0 Å². The first-order chi connectivity index (χ1) is 9.13. The number of hydrogen-bond donors (Lipinski definition) is 0. The Kier molecular flexibility index (Phi) is 5.45. The van der Waals surface area contributed by atoms with Gasteiger partial charge >= 0.3 is 0 Å². The molecule has 2 aromatic heterocycles. The lowest BCUT2D eigenvalue weighted by atomic mass is 10.4. The van der Waals surface area contributed by atoms with Gasteiger partial charge in [0.25, 0.3) is 0 Å². The van der Waals surface area contributed by atoms with E-state index in [1.807, 2.05) is 0 Å². The van der Waals surface area contributed by atoms with Crippen LogP contribution in [-0.4, -0.2) is 40.3 Å². The average Bonchev–Trinajstić information content (AvgIpc) is 2.74. The molecule has 0 spiro atoms. The number of thioether (sulfide) groups is 1. The van der Waals surface area contributed by atoms with E-state index in [0.29, 0.717) is 5.28 Å². The van der Waals surface area contributed by atoms with Gasteiger partial charge in [0.15, 0.2) is 0 Å². The highest BCUT2D eigenvalue weighted by molar-refractivity contribution is 7.99. The van der Waals surface area contributed by atoms with E-state index in [1.54, 1.807) is 23.1 Å². The highest BCUT2D eigenvalue weighted by Gasteiger charge is 2.10. The summed E-state index contributed by atoms with van der Waals surface area (Å²) in [5, 5.41) is 2.49. The lowest BCUT2D eigenvalue weighted by Gasteiger charge is -2.17. The summed E-state index contributed by atoms with van der Waals surface area (Å²) in [6, 6.07) is 2.15. The molecule has 0 radical (unpaired) electrons. The molecule has 104 valence electrons. The van der Waals surface area contributed by atoms with Crippen LogP contribution in [0.1, 0.15) is 18.7 Å². The van der Waals surface area contributed by atoms with Crippen molar-refractivity contribution in [3.05, 3.63) is 16.2 Å². The van der Waals surface area contributed by atoms with E-state index < -0.39 is 0 Å². The second-order valence-corrected chi connectivity index (χ2v) is 6.91. The standard InChI is InChI=1S/C13H18ClN3S2/c1-4-17(5-2)6-7-18-11-10-8-9(3)19-12(10)16-13(14)15-11/h8H,4-7H2,1-3H3. The van der Waals surface area contributed by atoms with E-state index in [2.05, 4.69) is 41.7 Å². The molecule has 3 nitrogen and oxygen atoms in total. The quantitative estimate of drug-likeness (QED) is 0.456. The SMILES string of the molecule is CCN(CC)CCSc1nc(Cl)nc2sc(C)cc12. The van der Waals surface area contributed by atoms with Crippen molar-refractivity contribution < 1.29 is 0 Å². The molecule has 0 aliphatic heterocycles. The summed E-state index contributed by atoms with van der Waals surface area (Å²) in [4.78, 5) is 13.3. The van der Waals surface area contributed by atoms with Gasteiger partial charge in [0.1, 0.15) is 9.86 Å². The van der Waals surface area contributed by atoms with E-state index in [-0.39, 0.29) is 0 Å². The van der Waals surface area contributed by atoms with E-state index in [4.69, 9.17) is 11.6 Å². The predicted molar refractivity (Wildman–Crippen MR) is 85.7 cm³/mol. The van der Waals surface area contributed by atoms with E-state index in [9.17, 15) is 0 Å². The summed E-state index contributed by atoms with van der Waals surface area (Å²) in [6.45, 7) is 9.73. The minimum Gasteiger partial charge on any atom is -0.303 e. The van der Waals surface area contributed by atoms with Gasteiger partial charge in [0.2, 0.25) is 5.28 Å². The molecule has 0 aromatic carbocycles. The third kappa shape index (κ3) is 3.81. The summed E-state index contributed by atoms with van der Waals surface area (Å²) in [6.07, 6.45) is 0. The van der Waals surface area contributed by atoms with Crippen LogP contribution in [0.5, 0.6) is 0 Å². The minimum atomic E-state index is 0.347. The number of aromatic nitrogens is 2. The Balaban J connectivity index is 2.11. The van der Waals surface area contributed by atoms with Crippen LogP contribution in [0.15, 0.2) is 11.1 Å². The fourth-order valence-corrected chi connectivity index (χ4v) is 4.13. The highest BCUT2D eigenvalue weighted by atomic mass is 35.5. The Labute approximate surface area is 127 Å². The van der Waals surface area contributed by atoms with E-state index >= 15 is 0 Å². The predicted octanol–water partition coefficient (Wildman–Crippen LogP) is 4.09. The molecule has 0 atom stereocenters. The van der Waals surface area contributed by atoms with Crippen LogP contribution < -0.4 is 0 Å². The van der Waals surface area contributed by atoms with Crippen LogP contribution in [0, 0.1) is 6.92 Å². The van der Waals surface area contributed by atoms with Crippen LogP contribution in [0.25, 0.3) is 10.2 Å². The zero-order chi connectivity index (χ0) is 13.8. The van der Waals surface area contributed by atoms with Crippen LogP contribution >= 0.6 is 34.7 Å². The number of hydrogen-bond acceptors (Lipinski definition) is 5. The van der Waals surface area contributed by atoms with Gasteiger partial charge in [0, 0.05) is 22.6 Å². The number of halogens is 1. The molecule has 0 fully saturated rings. The van der Waals surface area contributed by atoms with Gasteiger partial charge in [-0.15, -0.1) is 23.1 Å². The summed E-state index contributed by atoms with van der Waals surface area (Å²) >= 11 is 9.43. The van der Waals surface area contributed by atoms with E-state index in [1.165, 1.54) is 4.88 Å². The maximum absolute atomic E-state index is 5.99. The van der Waals surface area contributed by atoms with Crippen molar-refractivity contribution in [3.63, 3.8) is 0 Å². The fourth-order valence-electron chi connectivity index (χ4n) is 1.91. The van der Waals surface area contributed by atoms with Crippen LogP contribution in [-0.2, 0) is 0 Å². The molecule has 19 heavy (non-hydrogen) atoms. The van der Waals surface area contributed by atoms with Crippen molar-refractivity contribution in [3.8, 4) is 0 Å². The third-order valence-corrected chi connectivity index (χ3v) is 5.08. The van der Waals surface area contributed by atoms with E-state index in [0.717, 1.165) is 40.6 Å². The average molecular weight is 316 g/mol. The number of fused-ring (bicyclic) bond motifs is 1. The Morgan fingerprint density at radius 1 is 1.32 bits per heavy atom. The van der Waals surface area contributed by atoms with Crippen LogP contribution in [0.3, 0.4) is 0 Å². The van der Waals surface area contributed by atoms with Gasteiger partial charge in [-0.05, 0) is 37.7 Å². The Hall–Kier alpha value is -0.360. The molecule has 0 unspecified atom stereocenters. The van der Waals surface area contributed by atoms with Crippen molar-refractivity contribution in [1.82, 2.24) is 14.9 Å². The molecule has 0 amide bonds. The molecule has 2 rings (SSSR count). The maximum Gasteiger partial charge on any atom is 0.224 e. The van der Waals surface area contributed by atoms with Crippen LogP contribution in [0.2, 0.25) is 5.28 Å². The number of rotatable bonds is 6. The lowest BCUT2D eigenvalue weighted by molar-refractivity contribution is 0.324. The summed E-state index contributed by atoms with van der Waals surface area (Å²) in [5.74, 6) is 1.03. The van der Waals surface area contributed by atoms with Gasteiger partial charge in [-0.3, -0.25) is 0 Å². The second-order valence-electron chi connectivity index (χ2n) is 4.25. The van der Waals surface area contributed by atoms with Crippen LogP contribution in [0.4, 0.5) is 0 Å². The highest BCUT2D eigenvalue weighted by Crippen LogP contribution is 2.31.